The highest BCUT2D eigenvalue weighted by Gasteiger charge is 2.13. The van der Waals surface area contributed by atoms with Gasteiger partial charge in [0.25, 0.3) is 0 Å². The molecule has 1 aromatic carbocycles. The highest BCUT2D eigenvalue weighted by Crippen LogP contribution is 2.32. The molecule has 3 rings (SSSR count). The summed E-state index contributed by atoms with van der Waals surface area (Å²) in [7, 11) is 0. The fourth-order valence-corrected chi connectivity index (χ4v) is 3.07. The number of allylic oxidation sites excluding steroid dienone is 1. The minimum atomic E-state index is 0.489. The Morgan fingerprint density at radius 1 is 1.32 bits per heavy atom. The van der Waals surface area contributed by atoms with E-state index in [1.807, 2.05) is 31.2 Å². The van der Waals surface area contributed by atoms with Crippen molar-refractivity contribution in [2.24, 2.45) is 0 Å². The van der Waals surface area contributed by atoms with Gasteiger partial charge in [-0.1, -0.05) is 23.7 Å². The topological polar surface area (TPSA) is 49.8 Å². The average molecular weight is 327 g/mol. The molecule has 0 spiro atoms. The molecule has 0 atom stereocenters. The number of nitriles is 1. The van der Waals surface area contributed by atoms with E-state index in [1.54, 1.807) is 24.5 Å². The van der Waals surface area contributed by atoms with E-state index >= 15 is 0 Å². The molecule has 0 aliphatic carbocycles. The minimum absolute atomic E-state index is 0.489. The smallest absolute Gasteiger partial charge is 0.135 e. The molecular weight excluding hydrogens is 316 g/mol. The first-order valence-corrected chi connectivity index (χ1v) is 7.76. The molecule has 22 heavy (non-hydrogen) atoms. The number of nitrogens with zero attached hydrogens (tertiary/aromatic N) is 2. The number of rotatable bonds is 3. The van der Waals surface area contributed by atoms with Crippen molar-refractivity contribution < 1.29 is 4.42 Å². The summed E-state index contributed by atoms with van der Waals surface area (Å²) in [5, 5.41) is 10.7. The van der Waals surface area contributed by atoms with Crippen molar-refractivity contribution in [2.45, 2.75) is 6.92 Å². The predicted octanol–water partition coefficient (Wildman–Crippen LogP) is 5.43. The van der Waals surface area contributed by atoms with E-state index in [0.29, 0.717) is 21.4 Å². The Hall–Kier alpha value is -2.35. The van der Waals surface area contributed by atoms with E-state index in [0.717, 1.165) is 16.1 Å². The van der Waals surface area contributed by atoms with E-state index in [4.69, 9.17) is 16.0 Å². The number of aromatic nitrogens is 1. The Morgan fingerprint density at radius 3 is 2.73 bits per heavy atom. The van der Waals surface area contributed by atoms with Crippen molar-refractivity contribution in [3.05, 3.63) is 63.3 Å². The van der Waals surface area contributed by atoms with Crippen LogP contribution in [0.4, 0.5) is 0 Å². The van der Waals surface area contributed by atoms with E-state index < -0.39 is 0 Å². The van der Waals surface area contributed by atoms with Gasteiger partial charge < -0.3 is 4.42 Å². The third-order valence-electron chi connectivity index (χ3n) is 3.09. The van der Waals surface area contributed by atoms with Crippen LogP contribution in [0.15, 0.2) is 47.1 Å². The first kappa shape index (κ1) is 14.6. The second-order valence-corrected chi connectivity index (χ2v) is 6.26. The van der Waals surface area contributed by atoms with Crippen molar-refractivity contribution in [1.29, 1.82) is 5.26 Å². The Morgan fingerprint density at radius 2 is 2.09 bits per heavy atom. The van der Waals surface area contributed by atoms with Gasteiger partial charge in [0.1, 0.15) is 16.8 Å². The third kappa shape index (κ3) is 2.96. The lowest BCUT2D eigenvalue weighted by Crippen LogP contribution is -1.83. The van der Waals surface area contributed by atoms with Crippen LogP contribution < -0.4 is 0 Å². The van der Waals surface area contributed by atoms with Gasteiger partial charge in [0.15, 0.2) is 0 Å². The van der Waals surface area contributed by atoms with E-state index in [9.17, 15) is 5.26 Å². The van der Waals surface area contributed by atoms with Crippen LogP contribution in [-0.4, -0.2) is 4.98 Å². The van der Waals surface area contributed by atoms with Crippen molar-refractivity contribution in [1.82, 2.24) is 4.98 Å². The van der Waals surface area contributed by atoms with Crippen LogP contribution in [-0.2, 0) is 0 Å². The van der Waals surface area contributed by atoms with Gasteiger partial charge in [0, 0.05) is 21.5 Å². The lowest BCUT2D eigenvalue weighted by molar-refractivity contribution is 0.557. The molecule has 2 aromatic heterocycles. The van der Waals surface area contributed by atoms with Crippen LogP contribution in [0.3, 0.4) is 0 Å². The lowest BCUT2D eigenvalue weighted by Gasteiger charge is -1.98. The molecule has 0 radical (unpaired) electrons. The summed E-state index contributed by atoms with van der Waals surface area (Å²) < 4.78 is 5.26. The second-order valence-electron chi connectivity index (χ2n) is 4.62. The molecule has 0 unspecified atom stereocenters. The van der Waals surface area contributed by atoms with Crippen LogP contribution >= 0.6 is 22.9 Å². The molecule has 0 saturated carbocycles. The van der Waals surface area contributed by atoms with Crippen LogP contribution in [0.2, 0.25) is 5.02 Å². The van der Waals surface area contributed by atoms with Gasteiger partial charge >= 0.3 is 0 Å². The summed E-state index contributed by atoms with van der Waals surface area (Å²) in [5.41, 5.74) is 2.35. The van der Waals surface area contributed by atoms with Crippen LogP contribution in [0.5, 0.6) is 0 Å². The van der Waals surface area contributed by atoms with Crippen molar-refractivity contribution in [2.75, 3.05) is 0 Å². The molecule has 0 aliphatic heterocycles. The second kappa shape index (κ2) is 6.18. The fourth-order valence-electron chi connectivity index (χ4n) is 2.04. The number of halogens is 1. The zero-order valence-electron chi connectivity index (χ0n) is 11.7. The first-order chi connectivity index (χ1) is 10.7. The molecule has 0 bridgehead atoms. The molecular formula is C17H11ClN2OS. The van der Waals surface area contributed by atoms with Crippen molar-refractivity contribution in [3.63, 3.8) is 0 Å². The SMILES string of the molecule is Cc1sc(/C(C#N)=C/c2ccco2)nc1-c1ccc(Cl)cc1. The van der Waals surface area contributed by atoms with E-state index in [2.05, 4.69) is 11.1 Å². The van der Waals surface area contributed by atoms with Crippen molar-refractivity contribution >= 4 is 34.6 Å². The van der Waals surface area contributed by atoms with Gasteiger partial charge in [0.2, 0.25) is 0 Å². The molecule has 3 aromatic rings. The number of furan rings is 1. The molecule has 0 aliphatic rings. The number of hydrogen-bond acceptors (Lipinski definition) is 4. The van der Waals surface area contributed by atoms with Crippen LogP contribution in [0, 0.1) is 18.3 Å². The number of benzene rings is 1. The van der Waals surface area contributed by atoms with Gasteiger partial charge in [-0.25, -0.2) is 4.98 Å². The highest BCUT2D eigenvalue weighted by molar-refractivity contribution is 7.13. The van der Waals surface area contributed by atoms with Crippen LogP contribution in [0.25, 0.3) is 22.9 Å². The van der Waals surface area contributed by atoms with E-state index in [-0.39, 0.29) is 0 Å². The maximum Gasteiger partial charge on any atom is 0.135 e. The summed E-state index contributed by atoms with van der Waals surface area (Å²) in [6.07, 6.45) is 3.27. The molecule has 108 valence electrons. The maximum absolute atomic E-state index is 9.37. The molecule has 3 nitrogen and oxygen atoms in total. The molecule has 0 fully saturated rings. The monoisotopic (exact) mass is 326 g/mol. The average Bonchev–Trinajstić information content (AvgIpc) is 3.15. The molecule has 2 heterocycles. The van der Waals surface area contributed by atoms with Gasteiger partial charge in [-0.15, -0.1) is 11.3 Å². The highest BCUT2D eigenvalue weighted by atomic mass is 35.5. The Bertz CT molecular complexity index is 855. The lowest BCUT2D eigenvalue weighted by atomic mass is 10.1. The Labute approximate surface area is 137 Å². The van der Waals surface area contributed by atoms with E-state index in [1.165, 1.54) is 11.3 Å². The number of aryl methyl sites for hydroxylation is 1. The third-order valence-corrected chi connectivity index (χ3v) is 4.35. The largest absolute Gasteiger partial charge is 0.465 e. The Kier molecular flexibility index (Phi) is 4.10. The maximum atomic E-state index is 9.37. The number of hydrogen-bond donors (Lipinski definition) is 0. The van der Waals surface area contributed by atoms with Gasteiger partial charge in [-0.2, -0.15) is 5.26 Å². The van der Waals surface area contributed by atoms with Crippen LogP contribution in [0.1, 0.15) is 15.6 Å². The molecule has 0 amide bonds. The summed E-state index contributed by atoms with van der Waals surface area (Å²) >= 11 is 7.41. The summed E-state index contributed by atoms with van der Waals surface area (Å²) in [4.78, 5) is 5.66. The summed E-state index contributed by atoms with van der Waals surface area (Å²) in [5.74, 6) is 0.637. The Balaban J connectivity index is 2.01. The molecule has 5 heteroatoms. The minimum Gasteiger partial charge on any atom is -0.465 e. The van der Waals surface area contributed by atoms with Gasteiger partial charge in [0.05, 0.1) is 17.5 Å². The summed E-state index contributed by atoms with van der Waals surface area (Å²) in [6, 6.07) is 13.3. The molecule has 0 N–H and O–H groups in total. The quantitative estimate of drug-likeness (QED) is 0.603. The number of thiazole rings is 1. The zero-order valence-corrected chi connectivity index (χ0v) is 13.3. The zero-order chi connectivity index (χ0) is 15.5. The van der Waals surface area contributed by atoms with Gasteiger partial charge in [-0.05, 0) is 31.2 Å². The predicted molar refractivity (Wildman–Crippen MR) is 89.5 cm³/mol. The first-order valence-electron chi connectivity index (χ1n) is 6.56. The summed E-state index contributed by atoms with van der Waals surface area (Å²) in [6.45, 7) is 1.99. The fraction of sp³-hybridized carbons (Fsp3) is 0.0588. The van der Waals surface area contributed by atoms with Gasteiger partial charge in [-0.3, -0.25) is 0 Å². The standard InChI is InChI=1S/C17H11ClN2OS/c1-11-16(12-4-6-14(18)7-5-12)20-17(22-11)13(10-19)9-15-3-2-8-21-15/h2-9H,1H3/b13-9+. The normalized spacial score (nSPS) is 11.4. The van der Waals surface area contributed by atoms with Crippen molar-refractivity contribution in [3.8, 4) is 17.3 Å². The molecule has 0 saturated heterocycles.